The summed E-state index contributed by atoms with van der Waals surface area (Å²) in [6.45, 7) is 6.95. The summed E-state index contributed by atoms with van der Waals surface area (Å²) in [6, 6.07) is 3.97. The van der Waals surface area contributed by atoms with Crippen molar-refractivity contribution in [3.05, 3.63) is 17.7 Å². The summed E-state index contributed by atoms with van der Waals surface area (Å²) < 4.78 is 16.4. The van der Waals surface area contributed by atoms with Gasteiger partial charge in [0.05, 0.1) is 7.11 Å². The van der Waals surface area contributed by atoms with Gasteiger partial charge in [-0.25, -0.2) is 0 Å². The smallest absolute Gasteiger partial charge is 0.231 e. The molecule has 5 nitrogen and oxygen atoms in total. The SMILES string of the molecule is COc1cc2c(cc1CN(C)C[C@@]1(C)CCN(C)C1)OCO2. The van der Waals surface area contributed by atoms with Crippen LogP contribution in [0.25, 0.3) is 0 Å². The zero-order valence-corrected chi connectivity index (χ0v) is 14.0. The standard InChI is InChI=1S/C17H26N2O3/c1-17(5-6-18(2)10-17)11-19(3)9-13-7-15-16(22-12-21-15)8-14(13)20-4/h7-8H,5-6,9-12H2,1-4H3/t17-/m0/s1. The molecule has 1 aromatic carbocycles. The van der Waals surface area contributed by atoms with E-state index < -0.39 is 0 Å². The fourth-order valence-electron chi connectivity index (χ4n) is 3.68. The molecular formula is C17H26N2O3. The highest BCUT2D eigenvalue weighted by Gasteiger charge is 2.33. The predicted molar refractivity (Wildman–Crippen MR) is 85.7 cm³/mol. The van der Waals surface area contributed by atoms with E-state index in [1.54, 1.807) is 7.11 Å². The van der Waals surface area contributed by atoms with Crippen molar-refractivity contribution >= 4 is 0 Å². The van der Waals surface area contributed by atoms with Gasteiger partial charge < -0.3 is 24.0 Å². The van der Waals surface area contributed by atoms with Gasteiger partial charge in [-0.1, -0.05) is 6.92 Å². The van der Waals surface area contributed by atoms with Crippen LogP contribution in [0.1, 0.15) is 18.9 Å². The molecule has 0 amide bonds. The lowest BCUT2D eigenvalue weighted by atomic mass is 9.89. The fourth-order valence-corrected chi connectivity index (χ4v) is 3.68. The van der Waals surface area contributed by atoms with Gasteiger partial charge >= 0.3 is 0 Å². The van der Waals surface area contributed by atoms with Gasteiger partial charge in [0, 0.05) is 31.3 Å². The van der Waals surface area contributed by atoms with Crippen LogP contribution in [0, 0.1) is 5.41 Å². The van der Waals surface area contributed by atoms with E-state index in [-0.39, 0.29) is 0 Å². The quantitative estimate of drug-likeness (QED) is 0.833. The number of fused-ring (bicyclic) bond motifs is 1. The highest BCUT2D eigenvalue weighted by Crippen LogP contribution is 2.39. The lowest BCUT2D eigenvalue weighted by molar-refractivity contribution is 0.173. The Kier molecular flexibility index (Phi) is 4.19. The van der Waals surface area contributed by atoms with Gasteiger partial charge in [-0.05, 0) is 38.5 Å². The second-order valence-corrected chi connectivity index (χ2v) is 6.99. The maximum Gasteiger partial charge on any atom is 0.231 e. The minimum Gasteiger partial charge on any atom is -0.496 e. The van der Waals surface area contributed by atoms with Crippen LogP contribution in [0.4, 0.5) is 0 Å². The van der Waals surface area contributed by atoms with E-state index in [1.807, 2.05) is 12.1 Å². The fraction of sp³-hybridized carbons (Fsp3) is 0.647. The van der Waals surface area contributed by atoms with Crippen LogP contribution >= 0.6 is 0 Å². The van der Waals surface area contributed by atoms with E-state index in [4.69, 9.17) is 14.2 Å². The Bertz CT molecular complexity index is 549. The van der Waals surface area contributed by atoms with Crippen molar-refractivity contribution in [2.75, 3.05) is 47.6 Å². The first-order valence-corrected chi connectivity index (χ1v) is 7.83. The molecule has 5 heteroatoms. The number of likely N-dealkylation sites (tertiary alicyclic amines) is 1. The summed E-state index contributed by atoms with van der Waals surface area (Å²) in [7, 11) is 6.08. The van der Waals surface area contributed by atoms with Crippen LogP contribution in [0.3, 0.4) is 0 Å². The van der Waals surface area contributed by atoms with Crippen LogP contribution in [0.5, 0.6) is 17.2 Å². The third-order valence-corrected chi connectivity index (χ3v) is 4.62. The molecule has 3 rings (SSSR count). The van der Waals surface area contributed by atoms with E-state index in [1.165, 1.54) is 13.0 Å². The monoisotopic (exact) mass is 306 g/mol. The molecule has 1 fully saturated rings. The van der Waals surface area contributed by atoms with Gasteiger partial charge in [-0.15, -0.1) is 0 Å². The Balaban J connectivity index is 1.70. The highest BCUT2D eigenvalue weighted by molar-refractivity contribution is 5.51. The maximum atomic E-state index is 5.51. The van der Waals surface area contributed by atoms with Crippen LogP contribution < -0.4 is 14.2 Å². The molecule has 0 aliphatic carbocycles. The van der Waals surface area contributed by atoms with Gasteiger partial charge in [-0.2, -0.15) is 0 Å². The molecule has 0 unspecified atom stereocenters. The lowest BCUT2D eigenvalue weighted by Crippen LogP contribution is -2.35. The van der Waals surface area contributed by atoms with Crippen molar-refractivity contribution < 1.29 is 14.2 Å². The van der Waals surface area contributed by atoms with Gasteiger partial charge in [0.2, 0.25) is 6.79 Å². The number of methoxy groups -OCH3 is 1. The summed E-state index contributed by atoms with van der Waals surface area (Å²) in [5, 5.41) is 0. The molecule has 2 aliphatic heterocycles. The number of benzene rings is 1. The van der Waals surface area contributed by atoms with E-state index in [2.05, 4.69) is 30.8 Å². The predicted octanol–water partition coefficient (Wildman–Crippen LogP) is 2.20. The van der Waals surface area contributed by atoms with Gasteiger partial charge in [-0.3, -0.25) is 0 Å². The van der Waals surface area contributed by atoms with Crippen molar-refractivity contribution in [1.29, 1.82) is 0 Å². The number of nitrogens with zero attached hydrogens (tertiary/aromatic N) is 2. The Morgan fingerprint density at radius 1 is 1.32 bits per heavy atom. The first kappa shape index (κ1) is 15.4. The lowest BCUT2D eigenvalue weighted by Gasteiger charge is -2.30. The number of ether oxygens (including phenoxy) is 3. The molecule has 0 bridgehead atoms. The Morgan fingerprint density at radius 2 is 2.05 bits per heavy atom. The highest BCUT2D eigenvalue weighted by atomic mass is 16.7. The van der Waals surface area contributed by atoms with Crippen molar-refractivity contribution in [2.45, 2.75) is 19.9 Å². The molecule has 122 valence electrons. The second kappa shape index (κ2) is 5.97. The molecule has 22 heavy (non-hydrogen) atoms. The second-order valence-electron chi connectivity index (χ2n) is 6.99. The molecule has 1 aromatic rings. The average molecular weight is 306 g/mol. The minimum absolute atomic E-state index is 0.294. The summed E-state index contributed by atoms with van der Waals surface area (Å²) in [6.07, 6.45) is 1.26. The molecule has 0 N–H and O–H groups in total. The first-order chi connectivity index (χ1) is 10.5. The van der Waals surface area contributed by atoms with E-state index in [9.17, 15) is 0 Å². The molecule has 0 spiro atoms. The summed E-state index contributed by atoms with van der Waals surface area (Å²) in [4.78, 5) is 4.79. The molecule has 2 aliphatic rings. The molecule has 1 saturated heterocycles. The Labute approximate surface area is 132 Å². The van der Waals surface area contributed by atoms with Crippen molar-refractivity contribution in [1.82, 2.24) is 9.80 Å². The molecule has 0 saturated carbocycles. The van der Waals surface area contributed by atoms with Crippen LogP contribution in [-0.4, -0.2) is 57.4 Å². The third kappa shape index (κ3) is 3.15. The number of rotatable bonds is 5. The number of hydrogen-bond donors (Lipinski definition) is 0. The Morgan fingerprint density at radius 3 is 2.68 bits per heavy atom. The summed E-state index contributed by atoms with van der Waals surface area (Å²) in [5.41, 5.74) is 1.51. The number of hydrogen-bond acceptors (Lipinski definition) is 5. The summed E-state index contributed by atoms with van der Waals surface area (Å²) >= 11 is 0. The van der Waals surface area contributed by atoms with Gasteiger partial charge in [0.1, 0.15) is 5.75 Å². The van der Waals surface area contributed by atoms with E-state index in [0.29, 0.717) is 12.2 Å². The van der Waals surface area contributed by atoms with Crippen molar-refractivity contribution in [2.24, 2.45) is 5.41 Å². The first-order valence-electron chi connectivity index (χ1n) is 7.83. The molecule has 0 aromatic heterocycles. The topological polar surface area (TPSA) is 34.2 Å². The molecule has 0 radical (unpaired) electrons. The normalized spacial score (nSPS) is 24.2. The Hall–Kier alpha value is -1.46. The van der Waals surface area contributed by atoms with Crippen molar-refractivity contribution in [3.8, 4) is 17.2 Å². The molecular weight excluding hydrogens is 280 g/mol. The van der Waals surface area contributed by atoms with Gasteiger partial charge in [0.25, 0.3) is 0 Å². The van der Waals surface area contributed by atoms with Crippen LogP contribution in [-0.2, 0) is 6.54 Å². The van der Waals surface area contributed by atoms with Crippen molar-refractivity contribution in [3.63, 3.8) is 0 Å². The maximum absolute atomic E-state index is 5.51. The average Bonchev–Trinajstić information content (AvgIpc) is 3.03. The molecule has 2 heterocycles. The zero-order valence-electron chi connectivity index (χ0n) is 14.0. The van der Waals surface area contributed by atoms with Gasteiger partial charge in [0.15, 0.2) is 11.5 Å². The van der Waals surface area contributed by atoms with E-state index in [0.717, 1.165) is 42.4 Å². The van der Waals surface area contributed by atoms with Crippen LogP contribution in [0.15, 0.2) is 12.1 Å². The minimum atomic E-state index is 0.294. The summed E-state index contributed by atoms with van der Waals surface area (Å²) in [5.74, 6) is 2.45. The largest absolute Gasteiger partial charge is 0.496 e. The third-order valence-electron chi connectivity index (χ3n) is 4.62. The van der Waals surface area contributed by atoms with Crippen LogP contribution in [0.2, 0.25) is 0 Å². The molecule has 1 atom stereocenters. The zero-order chi connectivity index (χ0) is 15.7. The van der Waals surface area contributed by atoms with E-state index >= 15 is 0 Å².